The minimum absolute atomic E-state index is 0.0947. The van der Waals surface area contributed by atoms with E-state index in [1.54, 1.807) is 0 Å². The summed E-state index contributed by atoms with van der Waals surface area (Å²) in [7, 11) is 0. The number of carboxylic acid groups (broad SMARTS) is 2. The molecule has 2 aromatic heterocycles. The van der Waals surface area contributed by atoms with Crippen LogP contribution in [0.4, 0.5) is 0 Å². The lowest BCUT2D eigenvalue weighted by Crippen LogP contribution is -2.11. The third-order valence-corrected chi connectivity index (χ3v) is 3.18. The molecule has 0 aliphatic rings. The second-order valence-electron chi connectivity index (χ2n) is 4.88. The smallest absolute Gasteiger partial charge is 0.354 e. The van der Waals surface area contributed by atoms with E-state index < -0.39 is 11.9 Å². The first-order valence-electron chi connectivity index (χ1n) is 6.95. The molecule has 0 saturated heterocycles. The maximum Gasteiger partial charge on any atom is 0.354 e. The summed E-state index contributed by atoms with van der Waals surface area (Å²) in [5.74, 6) is -2.35. The van der Waals surface area contributed by atoms with E-state index >= 15 is 0 Å². The maximum atomic E-state index is 10.9. The van der Waals surface area contributed by atoms with Crippen LogP contribution in [-0.2, 0) is 0 Å². The Balaban J connectivity index is 2.05. The molecule has 4 N–H and O–H groups in total. The lowest BCUT2D eigenvalue weighted by Gasteiger charge is -2.06. The van der Waals surface area contributed by atoms with Crippen molar-refractivity contribution in [3.63, 3.8) is 0 Å². The van der Waals surface area contributed by atoms with E-state index in [4.69, 9.17) is 21.0 Å². The first kappa shape index (κ1) is 16.9. The van der Waals surface area contributed by atoms with Gasteiger partial charge >= 0.3 is 11.9 Å². The van der Waals surface area contributed by atoms with Crippen LogP contribution in [-0.4, -0.2) is 43.5 Å². The Bertz CT molecular complexity index is 763. The molecule has 0 aliphatic carbocycles. The quantitative estimate of drug-likeness (QED) is 0.572. The molecule has 8 nitrogen and oxygen atoms in total. The molecule has 24 heavy (non-hydrogen) atoms. The van der Waals surface area contributed by atoms with Crippen LogP contribution in [0.25, 0.3) is 0 Å². The summed E-state index contributed by atoms with van der Waals surface area (Å²) in [5, 5.41) is 33.7. The lowest BCUT2D eigenvalue weighted by molar-refractivity contribution is 0.0680. The van der Waals surface area contributed by atoms with Gasteiger partial charge in [-0.25, -0.2) is 19.6 Å². The highest BCUT2D eigenvalue weighted by atomic mass is 16.4. The molecule has 0 aliphatic heterocycles. The van der Waals surface area contributed by atoms with Gasteiger partial charge in [0.2, 0.25) is 0 Å². The second kappa shape index (κ2) is 7.23. The number of rotatable bonds is 7. The van der Waals surface area contributed by atoms with Crippen molar-refractivity contribution in [2.75, 3.05) is 0 Å². The van der Waals surface area contributed by atoms with E-state index in [-0.39, 0.29) is 47.0 Å². The Labute approximate surface area is 136 Å². The van der Waals surface area contributed by atoms with Crippen molar-refractivity contribution in [1.82, 2.24) is 9.97 Å². The summed E-state index contributed by atoms with van der Waals surface area (Å²) in [4.78, 5) is 29.5. The van der Waals surface area contributed by atoms with E-state index in [1.807, 2.05) is 0 Å². The third-order valence-electron chi connectivity index (χ3n) is 3.18. The Morgan fingerprint density at radius 3 is 1.42 bits per heavy atom. The van der Waals surface area contributed by atoms with Crippen molar-refractivity contribution < 1.29 is 19.8 Å². The van der Waals surface area contributed by atoms with Crippen molar-refractivity contribution in [1.29, 1.82) is 10.8 Å². The van der Waals surface area contributed by atoms with Crippen LogP contribution < -0.4 is 0 Å². The number of aromatic carboxylic acids is 2. The molecular formula is C16H14N4O4. The summed E-state index contributed by atoms with van der Waals surface area (Å²) in [6.45, 7) is 0. The Hall–Kier alpha value is -3.42. The highest BCUT2D eigenvalue weighted by molar-refractivity contribution is 6.03. The number of nitrogens with one attached hydrogen (secondary N) is 2. The SMILES string of the molecule is N=C(CCC(=N)c1cccc(C(=O)O)n1)c1cccc(C(=O)O)n1. The molecule has 0 fully saturated rings. The largest absolute Gasteiger partial charge is 0.477 e. The van der Waals surface area contributed by atoms with Gasteiger partial charge in [-0.2, -0.15) is 0 Å². The van der Waals surface area contributed by atoms with Crippen molar-refractivity contribution in [3.8, 4) is 0 Å². The van der Waals surface area contributed by atoms with Crippen molar-refractivity contribution in [2.24, 2.45) is 0 Å². The molecule has 2 rings (SSSR count). The van der Waals surface area contributed by atoms with E-state index in [0.717, 1.165) is 0 Å². The van der Waals surface area contributed by atoms with Crippen LogP contribution in [0.5, 0.6) is 0 Å². The van der Waals surface area contributed by atoms with Crippen LogP contribution in [0.15, 0.2) is 36.4 Å². The molecule has 122 valence electrons. The fourth-order valence-electron chi connectivity index (χ4n) is 1.95. The zero-order valence-electron chi connectivity index (χ0n) is 12.5. The van der Waals surface area contributed by atoms with Crippen LogP contribution in [0.1, 0.15) is 45.2 Å². The Morgan fingerprint density at radius 1 is 0.750 bits per heavy atom. The van der Waals surface area contributed by atoms with Gasteiger partial charge in [-0.05, 0) is 37.1 Å². The molecule has 0 atom stereocenters. The summed E-state index contributed by atoms with van der Waals surface area (Å²) in [6.07, 6.45) is 0.321. The van der Waals surface area contributed by atoms with Crippen LogP contribution >= 0.6 is 0 Å². The normalized spacial score (nSPS) is 10.2. The van der Waals surface area contributed by atoms with Crippen molar-refractivity contribution >= 4 is 23.4 Å². The highest BCUT2D eigenvalue weighted by Gasteiger charge is 2.12. The van der Waals surface area contributed by atoms with Gasteiger partial charge < -0.3 is 21.0 Å². The predicted octanol–water partition coefficient (Wildman–Crippen LogP) is 2.09. The van der Waals surface area contributed by atoms with Gasteiger partial charge in [-0.1, -0.05) is 12.1 Å². The van der Waals surface area contributed by atoms with E-state index in [2.05, 4.69) is 9.97 Å². The standard InChI is InChI=1S/C16H14N4O4/c17-9(11-3-1-5-13(19-11)15(21)22)7-8-10(18)12-4-2-6-14(20-12)16(23)24/h1-6,17-18H,7-8H2,(H,21,22)(H,23,24). The third kappa shape index (κ3) is 4.07. The minimum Gasteiger partial charge on any atom is -0.477 e. The molecule has 0 radical (unpaired) electrons. The summed E-state index contributed by atoms with van der Waals surface area (Å²) in [6, 6.07) is 8.74. The molecule has 2 heterocycles. The summed E-state index contributed by atoms with van der Waals surface area (Å²) < 4.78 is 0. The number of pyridine rings is 2. The maximum absolute atomic E-state index is 10.9. The molecule has 8 heteroatoms. The molecule has 0 unspecified atom stereocenters. The molecule has 0 bridgehead atoms. The molecule has 2 aromatic rings. The van der Waals surface area contributed by atoms with Crippen LogP contribution in [0, 0.1) is 10.8 Å². The number of aromatic nitrogens is 2. The van der Waals surface area contributed by atoms with Gasteiger partial charge in [0.15, 0.2) is 0 Å². The van der Waals surface area contributed by atoms with Crippen LogP contribution in [0.2, 0.25) is 0 Å². The monoisotopic (exact) mass is 326 g/mol. The van der Waals surface area contributed by atoms with Gasteiger partial charge in [0, 0.05) is 0 Å². The topological polar surface area (TPSA) is 148 Å². The predicted molar refractivity (Wildman–Crippen MR) is 85.3 cm³/mol. The minimum atomic E-state index is -1.17. The lowest BCUT2D eigenvalue weighted by atomic mass is 10.1. The highest BCUT2D eigenvalue weighted by Crippen LogP contribution is 2.09. The molecule has 0 amide bonds. The van der Waals surface area contributed by atoms with Crippen molar-refractivity contribution in [2.45, 2.75) is 12.8 Å². The Kier molecular flexibility index (Phi) is 5.10. The number of hydrogen-bond acceptors (Lipinski definition) is 6. The summed E-state index contributed by atoms with van der Waals surface area (Å²) in [5.41, 5.74) is 0.352. The zero-order chi connectivity index (χ0) is 17.7. The fraction of sp³-hybridized carbons (Fsp3) is 0.125. The molecule has 0 saturated carbocycles. The molecule has 0 aromatic carbocycles. The molecule has 0 spiro atoms. The number of carboxylic acids is 2. The fourth-order valence-corrected chi connectivity index (χ4v) is 1.95. The number of nitrogens with zero attached hydrogens (tertiary/aromatic N) is 2. The van der Waals surface area contributed by atoms with E-state index in [1.165, 1.54) is 36.4 Å². The first-order chi connectivity index (χ1) is 11.4. The molecular weight excluding hydrogens is 312 g/mol. The van der Waals surface area contributed by atoms with E-state index in [0.29, 0.717) is 0 Å². The van der Waals surface area contributed by atoms with Gasteiger partial charge in [-0.3, -0.25) is 0 Å². The van der Waals surface area contributed by atoms with Gasteiger partial charge in [0.05, 0.1) is 22.8 Å². The van der Waals surface area contributed by atoms with Gasteiger partial charge in [0.1, 0.15) is 11.4 Å². The Morgan fingerprint density at radius 2 is 1.08 bits per heavy atom. The van der Waals surface area contributed by atoms with E-state index in [9.17, 15) is 9.59 Å². The zero-order valence-corrected chi connectivity index (χ0v) is 12.5. The van der Waals surface area contributed by atoms with Gasteiger partial charge in [-0.15, -0.1) is 0 Å². The van der Waals surface area contributed by atoms with Crippen molar-refractivity contribution in [3.05, 3.63) is 59.2 Å². The second-order valence-corrected chi connectivity index (χ2v) is 4.88. The average molecular weight is 326 g/mol. The first-order valence-corrected chi connectivity index (χ1v) is 6.95. The van der Waals surface area contributed by atoms with Gasteiger partial charge in [0.25, 0.3) is 0 Å². The number of hydrogen-bond donors (Lipinski definition) is 4. The number of carbonyl (C=O) groups is 2. The van der Waals surface area contributed by atoms with Crippen LogP contribution in [0.3, 0.4) is 0 Å². The average Bonchev–Trinajstić information content (AvgIpc) is 2.59. The summed E-state index contributed by atoms with van der Waals surface area (Å²) >= 11 is 0.